The summed E-state index contributed by atoms with van der Waals surface area (Å²) in [6, 6.07) is 13.3. The van der Waals surface area contributed by atoms with Crippen LogP contribution < -0.4 is 0 Å². The van der Waals surface area contributed by atoms with Crippen molar-refractivity contribution >= 4 is 0 Å². The van der Waals surface area contributed by atoms with Crippen LogP contribution in [0.4, 0.5) is 0 Å². The minimum absolute atomic E-state index is 0.273. The summed E-state index contributed by atoms with van der Waals surface area (Å²) in [7, 11) is 0. The molecule has 0 atom stereocenters. The fourth-order valence-electron chi connectivity index (χ4n) is 3.71. The van der Waals surface area contributed by atoms with Crippen LogP contribution >= 0.6 is 0 Å². The average Bonchev–Trinajstić information content (AvgIpc) is 2.95. The quantitative estimate of drug-likeness (QED) is 0.620. The zero-order valence-corrected chi connectivity index (χ0v) is 13.7. The van der Waals surface area contributed by atoms with Crippen LogP contribution in [0.25, 0.3) is 11.1 Å². The molecule has 0 saturated carbocycles. The molecule has 2 aromatic rings. The number of unbranched alkanes of at least 4 members (excludes halogenated alkanes) is 2. The third kappa shape index (κ3) is 3.49. The number of hydrogen-bond donors (Lipinski definition) is 2. The Bertz CT molecular complexity index is 661. The van der Waals surface area contributed by atoms with Gasteiger partial charge in [0.25, 0.3) is 0 Å². The van der Waals surface area contributed by atoms with E-state index in [0.29, 0.717) is 0 Å². The monoisotopic (exact) mass is 310 g/mol. The minimum atomic E-state index is 0.273. The van der Waals surface area contributed by atoms with Crippen molar-refractivity contribution in [2.45, 2.75) is 44.9 Å². The van der Waals surface area contributed by atoms with Gasteiger partial charge in [-0.15, -0.1) is 0 Å². The summed E-state index contributed by atoms with van der Waals surface area (Å²) in [4.78, 5) is 0. The Morgan fingerprint density at radius 3 is 2.26 bits per heavy atom. The molecule has 23 heavy (non-hydrogen) atoms. The molecule has 0 fully saturated rings. The second-order valence-corrected chi connectivity index (χ2v) is 6.42. The second-order valence-electron chi connectivity index (χ2n) is 6.42. The maximum Gasteiger partial charge on any atom is 0.0431 e. The van der Waals surface area contributed by atoms with Crippen LogP contribution in [0.2, 0.25) is 0 Å². The highest BCUT2D eigenvalue weighted by atomic mass is 16.3. The maximum atomic E-state index is 9.09. The fourth-order valence-corrected chi connectivity index (χ4v) is 3.71. The molecule has 2 nitrogen and oxygen atoms in total. The largest absolute Gasteiger partial charge is 0.396 e. The second kappa shape index (κ2) is 7.76. The van der Waals surface area contributed by atoms with Crippen molar-refractivity contribution < 1.29 is 10.2 Å². The highest BCUT2D eigenvalue weighted by Crippen LogP contribution is 2.40. The van der Waals surface area contributed by atoms with Crippen molar-refractivity contribution in [2.75, 3.05) is 13.2 Å². The van der Waals surface area contributed by atoms with Gasteiger partial charge < -0.3 is 10.2 Å². The van der Waals surface area contributed by atoms with Crippen molar-refractivity contribution in [1.29, 1.82) is 0 Å². The van der Waals surface area contributed by atoms with E-state index in [1.165, 1.54) is 33.4 Å². The molecule has 122 valence electrons. The predicted molar refractivity (Wildman–Crippen MR) is 94.7 cm³/mol. The number of hydrogen-bond acceptors (Lipinski definition) is 2. The van der Waals surface area contributed by atoms with Crippen molar-refractivity contribution in [1.82, 2.24) is 0 Å². The van der Waals surface area contributed by atoms with E-state index in [1.807, 2.05) is 0 Å². The van der Waals surface area contributed by atoms with E-state index in [-0.39, 0.29) is 13.2 Å². The van der Waals surface area contributed by atoms with Crippen LogP contribution in [0.5, 0.6) is 0 Å². The van der Waals surface area contributed by atoms with Crippen LogP contribution in [-0.2, 0) is 19.3 Å². The first-order chi connectivity index (χ1) is 11.3. The fraction of sp³-hybridized carbons (Fsp3) is 0.429. The van der Waals surface area contributed by atoms with E-state index < -0.39 is 0 Å². The van der Waals surface area contributed by atoms with Gasteiger partial charge in [0.15, 0.2) is 0 Å². The van der Waals surface area contributed by atoms with Gasteiger partial charge in [-0.2, -0.15) is 0 Å². The smallest absolute Gasteiger partial charge is 0.0431 e. The first-order valence-electron chi connectivity index (χ1n) is 8.78. The number of fused-ring (bicyclic) bond motifs is 3. The molecule has 3 rings (SSSR count). The Morgan fingerprint density at radius 2 is 1.48 bits per heavy atom. The van der Waals surface area contributed by atoms with Gasteiger partial charge in [0.2, 0.25) is 0 Å². The minimum Gasteiger partial charge on any atom is -0.396 e. The van der Waals surface area contributed by atoms with Gasteiger partial charge in [-0.1, -0.05) is 36.4 Å². The third-order valence-corrected chi connectivity index (χ3v) is 4.89. The Kier molecular flexibility index (Phi) is 5.47. The van der Waals surface area contributed by atoms with Crippen LogP contribution in [0.1, 0.15) is 47.9 Å². The molecule has 0 spiro atoms. The van der Waals surface area contributed by atoms with E-state index in [4.69, 9.17) is 10.2 Å². The molecule has 0 saturated heterocycles. The van der Waals surface area contributed by atoms with Crippen molar-refractivity contribution in [2.24, 2.45) is 0 Å². The number of benzene rings is 2. The van der Waals surface area contributed by atoms with Gasteiger partial charge in [-0.05, 0) is 78.3 Å². The summed E-state index contributed by atoms with van der Waals surface area (Å²) in [6.45, 7) is 0.547. The Labute approximate surface area is 138 Å². The number of aliphatic hydroxyl groups is 2. The van der Waals surface area contributed by atoms with Crippen molar-refractivity contribution in [3.05, 3.63) is 58.7 Å². The molecule has 1 aliphatic rings. The van der Waals surface area contributed by atoms with Crippen LogP contribution in [0.3, 0.4) is 0 Å². The van der Waals surface area contributed by atoms with Gasteiger partial charge in [0.05, 0.1) is 0 Å². The van der Waals surface area contributed by atoms with Gasteiger partial charge in [-0.25, -0.2) is 0 Å². The lowest BCUT2D eigenvalue weighted by molar-refractivity contribution is 0.283. The standard InChI is InChI=1S/C21H26O2/c22-13-5-3-7-16-11-12-20-19-9-2-1-8-17(19)15-21(20)18(16)10-4-6-14-23/h1-2,8-9,11-12,22-23H,3-7,10,13-15H2. The lowest BCUT2D eigenvalue weighted by Crippen LogP contribution is -2.02. The van der Waals surface area contributed by atoms with E-state index in [2.05, 4.69) is 36.4 Å². The molecule has 2 aromatic carbocycles. The van der Waals surface area contributed by atoms with Crippen molar-refractivity contribution in [3.8, 4) is 11.1 Å². The summed E-state index contributed by atoms with van der Waals surface area (Å²) in [5.41, 5.74) is 8.62. The summed E-state index contributed by atoms with van der Waals surface area (Å²) in [5, 5.41) is 18.1. The third-order valence-electron chi connectivity index (χ3n) is 4.89. The molecule has 0 aliphatic heterocycles. The summed E-state index contributed by atoms with van der Waals surface area (Å²) in [5.74, 6) is 0. The Balaban J connectivity index is 1.91. The molecule has 0 bridgehead atoms. The average molecular weight is 310 g/mol. The molecular formula is C21H26O2. The van der Waals surface area contributed by atoms with Crippen molar-refractivity contribution in [3.63, 3.8) is 0 Å². The van der Waals surface area contributed by atoms with Gasteiger partial charge >= 0.3 is 0 Å². The van der Waals surface area contributed by atoms with E-state index in [9.17, 15) is 0 Å². The lowest BCUT2D eigenvalue weighted by Gasteiger charge is -2.15. The van der Waals surface area contributed by atoms with Crippen LogP contribution in [-0.4, -0.2) is 23.4 Å². The summed E-state index contributed by atoms with van der Waals surface area (Å²) < 4.78 is 0. The van der Waals surface area contributed by atoms with Crippen LogP contribution in [0, 0.1) is 0 Å². The molecule has 0 amide bonds. The molecular weight excluding hydrogens is 284 g/mol. The lowest BCUT2D eigenvalue weighted by atomic mass is 9.90. The predicted octanol–water partition coefficient (Wildman–Crippen LogP) is 3.89. The number of aliphatic hydroxyl groups excluding tert-OH is 2. The molecule has 0 unspecified atom stereocenters. The first-order valence-corrected chi connectivity index (χ1v) is 8.78. The van der Waals surface area contributed by atoms with Gasteiger partial charge in [0.1, 0.15) is 0 Å². The number of rotatable bonds is 8. The Hall–Kier alpha value is -1.64. The maximum absolute atomic E-state index is 9.09. The number of aryl methyl sites for hydroxylation is 1. The molecule has 1 aliphatic carbocycles. The van der Waals surface area contributed by atoms with Gasteiger partial charge in [0, 0.05) is 13.2 Å². The topological polar surface area (TPSA) is 40.5 Å². The summed E-state index contributed by atoms with van der Waals surface area (Å²) in [6.07, 6.45) is 6.93. The van der Waals surface area contributed by atoms with Gasteiger partial charge in [-0.3, -0.25) is 0 Å². The molecule has 0 radical (unpaired) electrons. The molecule has 0 aromatic heterocycles. The molecule has 0 heterocycles. The zero-order valence-electron chi connectivity index (χ0n) is 13.7. The highest BCUT2D eigenvalue weighted by Gasteiger charge is 2.22. The Morgan fingerprint density at radius 1 is 0.739 bits per heavy atom. The SMILES string of the molecule is OCCCCc1ccc2c(c1CCCCO)Cc1ccccc1-2. The van der Waals surface area contributed by atoms with E-state index >= 15 is 0 Å². The van der Waals surface area contributed by atoms with E-state index in [0.717, 1.165) is 44.9 Å². The molecule has 2 N–H and O–H groups in total. The highest BCUT2D eigenvalue weighted by molar-refractivity contribution is 5.78. The molecule has 2 heteroatoms. The van der Waals surface area contributed by atoms with Crippen LogP contribution in [0.15, 0.2) is 36.4 Å². The summed E-state index contributed by atoms with van der Waals surface area (Å²) >= 11 is 0. The van der Waals surface area contributed by atoms with E-state index in [1.54, 1.807) is 0 Å². The zero-order chi connectivity index (χ0) is 16.1. The first kappa shape index (κ1) is 16.2. The normalized spacial score (nSPS) is 12.3.